The lowest BCUT2D eigenvalue weighted by Crippen LogP contribution is -2.40. The third-order valence-corrected chi connectivity index (χ3v) is 10.1. The van der Waals surface area contributed by atoms with Gasteiger partial charge in [0.1, 0.15) is 16.0 Å². The number of aryl methyl sites for hydroxylation is 1. The summed E-state index contributed by atoms with van der Waals surface area (Å²) in [6.45, 7) is 1.05. The van der Waals surface area contributed by atoms with E-state index in [0.29, 0.717) is 30.7 Å². The summed E-state index contributed by atoms with van der Waals surface area (Å²) < 4.78 is 35.9. The Hall–Kier alpha value is -1.66. The number of thiazole rings is 1. The number of thioether (sulfide) groups is 1. The number of amides is 1. The van der Waals surface area contributed by atoms with Crippen LogP contribution in [0.5, 0.6) is 5.75 Å². The van der Waals surface area contributed by atoms with Crippen molar-refractivity contribution in [1.29, 1.82) is 0 Å². The van der Waals surface area contributed by atoms with Crippen LogP contribution in [0.25, 0.3) is 10.2 Å². The molecule has 1 amide bonds. The van der Waals surface area contributed by atoms with E-state index in [1.165, 1.54) is 15.6 Å². The monoisotopic (exact) mass is 497 g/mol. The minimum absolute atomic E-state index is 0.260. The zero-order chi connectivity index (χ0) is 22.0. The van der Waals surface area contributed by atoms with Crippen LogP contribution in [0.4, 0.5) is 0 Å². The molecule has 0 bridgehead atoms. The Labute approximate surface area is 193 Å². The number of carbonyl (C=O) groups is 1. The molecule has 1 aliphatic rings. The highest BCUT2D eigenvalue weighted by Gasteiger charge is 2.39. The maximum Gasteiger partial charge on any atom is 0.266 e. The first-order chi connectivity index (χ1) is 15.0. The summed E-state index contributed by atoms with van der Waals surface area (Å²) in [5.41, 5.74) is 0.987. The lowest BCUT2D eigenvalue weighted by Gasteiger charge is -2.20. The molecule has 31 heavy (non-hydrogen) atoms. The molecule has 2 aromatic heterocycles. The molecule has 1 aromatic carbocycles. The van der Waals surface area contributed by atoms with Crippen LogP contribution in [0.1, 0.15) is 12.8 Å². The van der Waals surface area contributed by atoms with Gasteiger partial charge in [-0.1, -0.05) is 17.4 Å². The molecule has 0 spiro atoms. The van der Waals surface area contributed by atoms with Crippen LogP contribution in [0, 0.1) is 0 Å². The predicted octanol–water partition coefficient (Wildman–Crippen LogP) is 3.42. The zero-order valence-electron chi connectivity index (χ0n) is 17.2. The number of nitrogens with zero attached hydrogens (tertiary/aromatic N) is 3. The van der Waals surface area contributed by atoms with Crippen molar-refractivity contribution < 1.29 is 17.9 Å². The van der Waals surface area contributed by atoms with Crippen molar-refractivity contribution in [2.75, 3.05) is 25.7 Å². The van der Waals surface area contributed by atoms with Crippen LogP contribution >= 0.6 is 34.4 Å². The van der Waals surface area contributed by atoms with Crippen molar-refractivity contribution in [2.24, 2.45) is 4.99 Å². The molecule has 0 radical (unpaired) electrons. The molecule has 1 unspecified atom stereocenters. The zero-order valence-corrected chi connectivity index (χ0v) is 20.5. The standard InChI is InChI=1S/C20H23N3O4S4/c1-27-14-7-8-15-17(13-14)30-20(22(15)10-12-28-2)21-19(24)16-5-3-9-23(16)31(25,26)18-6-4-11-29-18/h4,6-8,11,13,16H,3,5,9-10,12H2,1-2H3. The normalized spacial score (nSPS) is 18.1. The molecule has 1 atom stereocenters. The SMILES string of the molecule is COc1ccc2c(c1)sc(=NC(=O)C1CCCN1S(=O)(=O)c1cccs1)n2CCSC. The molecular weight excluding hydrogens is 475 g/mol. The molecule has 1 fully saturated rings. The summed E-state index contributed by atoms with van der Waals surface area (Å²) >= 11 is 4.30. The Kier molecular flexibility index (Phi) is 6.87. The van der Waals surface area contributed by atoms with E-state index in [9.17, 15) is 13.2 Å². The van der Waals surface area contributed by atoms with E-state index in [1.54, 1.807) is 36.4 Å². The molecule has 7 nitrogen and oxygen atoms in total. The van der Waals surface area contributed by atoms with Gasteiger partial charge in [0.25, 0.3) is 15.9 Å². The van der Waals surface area contributed by atoms with E-state index in [1.807, 2.05) is 29.0 Å². The number of hydrogen-bond donors (Lipinski definition) is 0. The number of aromatic nitrogens is 1. The Morgan fingerprint density at radius 2 is 2.19 bits per heavy atom. The van der Waals surface area contributed by atoms with Gasteiger partial charge >= 0.3 is 0 Å². The number of rotatable bonds is 7. The average Bonchev–Trinajstić information content (AvgIpc) is 3.51. The van der Waals surface area contributed by atoms with Gasteiger partial charge in [-0.25, -0.2) is 8.42 Å². The van der Waals surface area contributed by atoms with E-state index >= 15 is 0 Å². The van der Waals surface area contributed by atoms with Crippen molar-refractivity contribution in [3.63, 3.8) is 0 Å². The van der Waals surface area contributed by atoms with Crippen LogP contribution in [0.15, 0.2) is 44.9 Å². The van der Waals surface area contributed by atoms with Crippen molar-refractivity contribution >= 4 is 60.6 Å². The van der Waals surface area contributed by atoms with Gasteiger partial charge in [-0.3, -0.25) is 4.79 Å². The van der Waals surface area contributed by atoms with Gasteiger partial charge in [0.2, 0.25) is 0 Å². The topological polar surface area (TPSA) is 81.0 Å². The maximum absolute atomic E-state index is 13.2. The number of sulfonamides is 1. The number of fused-ring (bicyclic) bond motifs is 1. The molecule has 0 N–H and O–H groups in total. The molecule has 4 rings (SSSR count). The van der Waals surface area contributed by atoms with Gasteiger partial charge < -0.3 is 9.30 Å². The molecule has 166 valence electrons. The first-order valence-corrected chi connectivity index (χ1v) is 14.3. The van der Waals surface area contributed by atoms with Crippen molar-refractivity contribution in [1.82, 2.24) is 8.87 Å². The summed E-state index contributed by atoms with van der Waals surface area (Å²) in [6.07, 6.45) is 3.16. The van der Waals surface area contributed by atoms with Gasteiger partial charge in [-0.2, -0.15) is 21.1 Å². The smallest absolute Gasteiger partial charge is 0.266 e. The number of hydrogen-bond acceptors (Lipinski definition) is 7. The maximum atomic E-state index is 13.2. The van der Waals surface area contributed by atoms with Crippen molar-refractivity contribution in [2.45, 2.75) is 29.6 Å². The van der Waals surface area contributed by atoms with Crippen LogP contribution in [-0.4, -0.2) is 54.9 Å². The van der Waals surface area contributed by atoms with Crippen LogP contribution < -0.4 is 9.54 Å². The Morgan fingerprint density at radius 1 is 1.35 bits per heavy atom. The van der Waals surface area contributed by atoms with Gasteiger partial charge in [0.05, 0.1) is 17.3 Å². The lowest BCUT2D eigenvalue weighted by molar-refractivity contribution is -0.121. The Bertz CT molecular complexity index is 1250. The number of benzene rings is 1. The molecule has 1 saturated heterocycles. The Morgan fingerprint density at radius 3 is 2.90 bits per heavy atom. The van der Waals surface area contributed by atoms with E-state index in [2.05, 4.69) is 4.99 Å². The molecular formula is C20H23N3O4S4. The summed E-state index contributed by atoms with van der Waals surface area (Å²) in [4.78, 5) is 18.2. The number of methoxy groups -OCH3 is 1. The quantitative estimate of drug-likeness (QED) is 0.500. The molecule has 3 aromatic rings. The van der Waals surface area contributed by atoms with Gasteiger partial charge in [-0.05, 0) is 48.7 Å². The van der Waals surface area contributed by atoms with Crippen molar-refractivity contribution in [3.8, 4) is 5.75 Å². The van der Waals surface area contributed by atoms with Crippen LogP contribution in [0.2, 0.25) is 0 Å². The van der Waals surface area contributed by atoms with Gasteiger partial charge in [-0.15, -0.1) is 11.3 Å². The highest BCUT2D eigenvalue weighted by molar-refractivity contribution is 7.98. The van der Waals surface area contributed by atoms with Gasteiger partial charge in [0, 0.05) is 18.8 Å². The fourth-order valence-corrected chi connectivity index (χ4v) is 7.86. The number of thiophene rings is 1. The predicted molar refractivity (Wildman–Crippen MR) is 127 cm³/mol. The minimum atomic E-state index is -3.69. The number of carbonyl (C=O) groups excluding carboxylic acids is 1. The van der Waals surface area contributed by atoms with E-state index in [-0.39, 0.29) is 4.21 Å². The first-order valence-electron chi connectivity index (χ1n) is 9.76. The molecule has 0 aliphatic carbocycles. The van der Waals surface area contributed by atoms with Crippen LogP contribution in [0.3, 0.4) is 0 Å². The fraction of sp³-hybridized carbons (Fsp3) is 0.400. The summed E-state index contributed by atoms with van der Waals surface area (Å²) in [7, 11) is -2.07. The van der Waals surface area contributed by atoms with E-state index < -0.39 is 22.0 Å². The van der Waals surface area contributed by atoms with Gasteiger partial charge in [0.15, 0.2) is 4.80 Å². The summed E-state index contributed by atoms with van der Waals surface area (Å²) in [6, 6.07) is 8.31. The number of ether oxygens (including phenoxy) is 1. The minimum Gasteiger partial charge on any atom is -0.497 e. The third kappa shape index (κ3) is 4.47. The summed E-state index contributed by atoms with van der Waals surface area (Å²) in [5.74, 6) is 1.21. The molecule has 1 aliphatic heterocycles. The van der Waals surface area contributed by atoms with E-state index in [4.69, 9.17) is 4.74 Å². The summed E-state index contributed by atoms with van der Waals surface area (Å²) in [5, 5.41) is 1.73. The molecule has 3 heterocycles. The molecule has 11 heteroatoms. The third-order valence-electron chi connectivity index (χ3n) is 5.16. The second-order valence-corrected chi connectivity index (χ2v) is 12.1. The fourth-order valence-electron chi connectivity index (χ4n) is 3.63. The van der Waals surface area contributed by atoms with Crippen LogP contribution in [-0.2, 0) is 21.4 Å². The largest absolute Gasteiger partial charge is 0.497 e. The average molecular weight is 498 g/mol. The highest BCUT2D eigenvalue weighted by Crippen LogP contribution is 2.29. The second kappa shape index (κ2) is 9.45. The molecule has 0 saturated carbocycles. The highest BCUT2D eigenvalue weighted by atomic mass is 32.2. The lowest BCUT2D eigenvalue weighted by atomic mass is 10.2. The van der Waals surface area contributed by atoms with E-state index in [0.717, 1.165) is 33.1 Å². The second-order valence-electron chi connectivity index (χ2n) is 7.02. The Balaban J connectivity index is 1.72. The van der Waals surface area contributed by atoms with Crippen molar-refractivity contribution in [3.05, 3.63) is 40.5 Å². The first kappa shape index (κ1) is 22.5.